The number of nitrogens with one attached hydrogen (secondary N) is 1. The topological polar surface area (TPSA) is 24.9 Å². The van der Waals surface area contributed by atoms with Gasteiger partial charge < -0.3 is 5.32 Å². The lowest BCUT2D eigenvalue weighted by Gasteiger charge is -2.17. The van der Waals surface area contributed by atoms with Gasteiger partial charge in [-0.1, -0.05) is 0 Å². The first-order valence-electron chi connectivity index (χ1n) is 5.40. The highest BCUT2D eigenvalue weighted by molar-refractivity contribution is 7.07. The second-order valence-corrected chi connectivity index (χ2v) is 4.69. The van der Waals surface area contributed by atoms with Crippen molar-refractivity contribution in [2.75, 3.05) is 7.05 Å². The van der Waals surface area contributed by atoms with Gasteiger partial charge in [-0.3, -0.25) is 4.98 Å². The summed E-state index contributed by atoms with van der Waals surface area (Å²) in [7, 11) is 2.01. The Morgan fingerprint density at radius 3 is 2.94 bits per heavy atom. The fourth-order valence-corrected chi connectivity index (χ4v) is 2.57. The van der Waals surface area contributed by atoms with Crippen LogP contribution >= 0.6 is 11.3 Å². The molecule has 0 fully saturated rings. The van der Waals surface area contributed by atoms with Crippen molar-refractivity contribution in [1.82, 2.24) is 10.3 Å². The Balaban J connectivity index is 2.20. The first-order valence-corrected chi connectivity index (χ1v) is 6.34. The zero-order valence-electron chi connectivity index (χ0n) is 9.60. The van der Waals surface area contributed by atoms with Crippen molar-refractivity contribution >= 4 is 11.3 Å². The van der Waals surface area contributed by atoms with Crippen molar-refractivity contribution in [3.8, 4) is 0 Å². The molecule has 2 rings (SSSR count). The van der Waals surface area contributed by atoms with E-state index in [0.717, 1.165) is 6.42 Å². The summed E-state index contributed by atoms with van der Waals surface area (Å²) in [5.74, 6) is 0. The van der Waals surface area contributed by atoms with E-state index in [2.05, 4.69) is 40.1 Å². The van der Waals surface area contributed by atoms with E-state index in [0.29, 0.717) is 6.04 Å². The van der Waals surface area contributed by atoms with Crippen LogP contribution in [0.5, 0.6) is 0 Å². The number of rotatable bonds is 4. The lowest BCUT2D eigenvalue weighted by Crippen LogP contribution is -2.19. The number of hydrogen-bond donors (Lipinski definition) is 1. The van der Waals surface area contributed by atoms with E-state index in [-0.39, 0.29) is 0 Å². The van der Waals surface area contributed by atoms with Crippen LogP contribution in [-0.4, -0.2) is 12.0 Å². The minimum atomic E-state index is 0.373. The van der Waals surface area contributed by atoms with Gasteiger partial charge in [-0.15, -0.1) is 0 Å². The molecule has 0 aliphatic heterocycles. The number of aromatic nitrogens is 1. The van der Waals surface area contributed by atoms with Crippen molar-refractivity contribution in [2.24, 2.45) is 0 Å². The van der Waals surface area contributed by atoms with E-state index in [9.17, 15) is 0 Å². The molecular weight excluding hydrogens is 216 g/mol. The molecule has 2 aromatic heterocycles. The number of likely N-dealkylation sites (N-methyl/N-ethyl adjacent to an activating group) is 1. The van der Waals surface area contributed by atoms with Crippen molar-refractivity contribution in [3.05, 3.63) is 52.0 Å². The number of pyridine rings is 1. The van der Waals surface area contributed by atoms with Crippen LogP contribution < -0.4 is 5.32 Å². The van der Waals surface area contributed by atoms with E-state index in [1.54, 1.807) is 11.3 Å². The molecule has 0 aliphatic rings. The minimum Gasteiger partial charge on any atom is -0.313 e. The molecule has 1 atom stereocenters. The monoisotopic (exact) mass is 232 g/mol. The molecule has 3 heteroatoms. The Morgan fingerprint density at radius 1 is 1.44 bits per heavy atom. The van der Waals surface area contributed by atoms with Crippen molar-refractivity contribution < 1.29 is 0 Å². The van der Waals surface area contributed by atoms with Gasteiger partial charge in [0.05, 0.1) is 0 Å². The molecule has 0 bridgehead atoms. The van der Waals surface area contributed by atoms with Gasteiger partial charge in [0.2, 0.25) is 0 Å². The Labute approximate surface area is 100 Å². The first-order chi connectivity index (χ1) is 7.81. The molecule has 2 aromatic rings. The van der Waals surface area contributed by atoms with Crippen LogP contribution in [0.15, 0.2) is 35.3 Å². The van der Waals surface area contributed by atoms with Gasteiger partial charge in [-0.05, 0) is 60.0 Å². The average molecular weight is 232 g/mol. The summed E-state index contributed by atoms with van der Waals surface area (Å²) in [6.07, 6.45) is 4.82. The molecule has 0 amide bonds. The third-order valence-electron chi connectivity index (χ3n) is 2.81. The van der Waals surface area contributed by atoms with Gasteiger partial charge in [0.25, 0.3) is 0 Å². The zero-order valence-corrected chi connectivity index (χ0v) is 10.4. The Kier molecular flexibility index (Phi) is 3.70. The summed E-state index contributed by atoms with van der Waals surface area (Å²) in [6.45, 7) is 2.11. The van der Waals surface area contributed by atoms with Gasteiger partial charge in [0, 0.05) is 18.4 Å². The molecular formula is C13H16N2S. The van der Waals surface area contributed by atoms with Crippen LogP contribution in [0.3, 0.4) is 0 Å². The Hall–Kier alpha value is -1.19. The third kappa shape index (κ3) is 2.49. The number of nitrogens with zero attached hydrogens (tertiary/aromatic N) is 1. The molecule has 2 heterocycles. The van der Waals surface area contributed by atoms with Crippen LogP contribution in [0.25, 0.3) is 0 Å². The molecule has 0 saturated heterocycles. The Morgan fingerprint density at radius 2 is 2.31 bits per heavy atom. The molecule has 0 aliphatic carbocycles. The quantitative estimate of drug-likeness (QED) is 0.876. The average Bonchev–Trinajstić information content (AvgIpc) is 2.80. The summed E-state index contributed by atoms with van der Waals surface area (Å²) >= 11 is 1.75. The second-order valence-electron chi connectivity index (χ2n) is 3.91. The van der Waals surface area contributed by atoms with E-state index in [1.807, 2.05) is 19.4 Å². The highest BCUT2D eigenvalue weighted by Crippen LogP contribution is 2.21. The molecule has 1 N–H and O–H groups in total. The molecule has 1 unspecified atom stereocenters. The summed E-state index contributed by atoms with van der Waals surface area (Å²) < 4.78 is 0. The molecule has 0 saturated carbocycles. The van der Waals surface area contributed by atoms with Gasteiger partial charge in [-0.25, -0.2) is 0 Å². The van der Waals surface area contributed by atoms with E-state index in [4.69, 9.17) is 0 Å². The van der Waals surface area contributed by atoms with E-state index >= 15 is 0 Å². The number of thiophene rings is 1. The Bertz CT molecular complexity index is 437. The van der Waals surface area contributed by atoms with Crippen LogP contribution in [0.4, 0.5) is 0 Å². The molecule has 0 spiro atoms. The van der Waals surface area contributed by atoms with Crippen LogP contribution in [0.2, 0.25) is 0 Å². The predicted molar refractivity (Wildman–Crippen MR) is 68.8 cm³/mol. The maximum absolute atomic E-state index is 4.13. The van der Waals surface area contributed by atoms with Crippen molar-refractivity contribution in [3.63, 3.8) is 0 Å². The first kappa shape index (κ1) is 11.3. The summed E-state index contributed by atoms with van der Waals surface area (Å²) in [5, 5.41) is 7.71. The number of hydrogen-bond acceptors (Lipinski definition) is 3. The maximum Gasteiger partial charge on any atom is 0.0362 e. The van der Waals surface area contributed by atoms with Crippen LogP contribution in [0, 0.1) is 6.92 Å². The van der Waals surface area contributed by atoms with Crippen molar-refractivity contribution in [1.29, 1.82) is 0 Å². The molecule has 0 radical (unpaired) electrons. The zero-order chi connectivity index (χ0) is 11.4. The lowest BCUT2D eigenvalue weighted by atomic mass is 9.98. The fourth-order valence-electron chi connectivity index (χ4n) is 1.89. The normalized spacial score (nSPS) is 12.6. The number of aryl methyl sites for hydroxylation is 1. The molecule has 84 valence electrons. The second kappa shape index (κ2) is 5.23. The highest BCUT2D eigenvalue weighted by Gasteiger charge is 2.12. The van der Waals surface area contributed by atoms with Gasteiger partial charge in [0.1, 0.15) is 0 Å². The fraction of sp³-hybridized carbons (Fsp3) is 0.308. The predicted octanol–water partition coefficient (Wildman–Crippen LogP) is 2.95. The maximum atomic E-state index is 4.13. The van der Waals surface area contributed by atoms with E-state index < -0.39 is 0 Å². The van der Waals surface area contributed by atoms with Gasteiger partial charge >= 0.3 is 0 Å². The smallest absolute Gasteiger partial charge is 0.0362 e. The molecule has 2 nitrogen and oxygen atoms in total. The van der Waals surface area contributed by atoms with E-state index in [1.165, 1.54) is 16.7 Å². The summed E-state index contributed by atoms with van der Waals surface area (Å²) in [4.78, 5) is 4.13. The summed E-state index contributed by atoms with van der Waals surface area (Å²) in [6, 6.07) is 4.66. The largest absolute Gasteiger partial charge is 0.313 e. The van der Waals surface area contributed by atoms with Crippen molar-refractivity contribution in [2.45, 2.75) is 19.4 Å². The molecule has 0 aromatic carbocycles. The van der Waals surface area contributed by atoms with Gasteiger partial charge in [-0.2, -0.15) is 11.3 Å². The van der Waals surface area contributed by atoms with Gasteiger partial charge in [0.15, 0.2) is 0 Å². The lowest BCUT2D eigenvalue weighted by molar-refractivity contribution is 0.589. The third-order valence-corrected chi connectivity index (χ3v) is 3.54. The standard InChI is InChI=1S/C13H16N2S/c1-10-8-15-5-3-12(10)13(14-2)7-11-4-6-16-9-11/h3-6,8-9,13-14H,7H2,1-2H3. The minimum absolute atomic E-state index is 0.373. The van der Waals surface area contributed by atoms with Crippen LogP contribution in [-0.2, 0) is 6.42 Å². The van der Waals surface area contributed by atoms with Crippen LogP contribution in [0.1, 0.15) is 22.7 Å². The molecule has 16 heavy (non-hydrogen) atoms. The highest BCUT2D eigenvalue weighted by atomic mass is 32.1. The SMILES string of the molecule is CNC(Cc1ccsc1)c1ccncc1C. The summed E-state index contributed by atoms with van der Waals surface area (Å²) in [5.41, 5.74) is 3.97.